The number of nitrogens with one attached hydrogen (secondary N) is 2. The van der Waals surface area contributed by atoms with E-state index in [0.29, 0.717) is 22.8 Å². The lowest BCUT2D eigenvalue weighted by Gasteiger charge is -2.32. The number of carbonyl (C=O) groups is 4. The van der Waals surface area contributed by atoms with Crippen molar-refractivity contribution in [2.45, 2.75) is 38.8 Å². The van der Waals surface area contributed by atoms with Gasteiger partial charge in [-0.05, 0) is 68.8 Å². The van der Waals surface area contributed by atoms with E-state index in [1.54, 1.807) is 96.9 Å². The van der Waals surface area contributed by atoms with Crippen LogP contribution in [0.25, 0.3) is 0 Å². The van der Waals surface area contributed by atoms with Crippen LogP contribution in [0.15, 0.2) is 84.9 Å². The van der Waals surface area contributed by atoms with Gasteiger partial charge in [0.05, 0.1) is 7.11 Å². The van der Waals surface area contributed by atoms with Crippen LogP contribution in [0.5, 0.6) is 5.75 Å². The van der Waals surface area contributed by atoms with Crippen molar-refractivity contribution in [3.63, 3.8) is 0 Å². The van der Waals surface area contributed by atoms with Gasteiger partial charge >= 0.3 is 12.0 Å². The lowest BCUT2D eigenvalue weighted by atomic mass is 10.1. The van der Waals surface area contributed by atoms with Gasteiger partial charge in [0.25, 0.3) is 0 Å². The molecule has 210 valence electrons. The zero-order chi connectivity index (χ0) is 29.1. The van der Waals surface area contributed by atoms with Gasteiger partial charge in [0.2, 0.25) is 11.8 Å². The molecule has 3 rings (SSSR count). The van der Waals surface area contributed by atoms with Crippen LogP contribution in [0.1, 0.15) is 26.7 Å². The number of hydrogen-bond acceptors (Lipinski definition) is 5. The van der Waals surface area contributed by atoms with Gasteiger partial charge in [-0.25, -0.2) is 4.79 Å². The molecular weight excluding hydrogens is 512 g/mol. The molecule has 10 nitrogen and oxygen atoms in total. The van der Waals surface area contributed by atoms with E-state index in [2.05, 4.69) is 10.6 Å². The summed E-state index contributed by atoms with van der Waals surface area (Å²) in [6, 6.07) is 22.1. The number of ether oxygens (including phenoxy) is 1. The van der Waals surface area contributed by atoms with E-state index in [0.717, 1.165) is 0 Å². The minimum Gasteiger partial charge on any atom is -0.497 e. The first-order valence-electron chi connectivity index (χ1n) is 12.9. The Hall–Kier alpha value is -4.86. The quantitative estimate of drug-likeness (QED) is 0.306. The molecule has 10 heteroatoms. The van der Waals surface area contributed by atoms with Gasteiger partial charge in [-0.1, -0.05) is 36.4 Å². The number of amides is 4. The molecule has 0 bridgehead atoms. The minimum atomic E-state index is -1.21. The molecule has 3 aromatic carbocycles. The van der Waals surface area contributed by atoms with Gasteiger partial charge in [-0.2, -0.15) is 0 Å². The summed E-state index contributed by atoms with van der Waals surface area (Å²) in [6.07, 6.45) is -0.525. The fourth-order valence-corrected chi connectivity index (χ4v) is 4.15. The van der Waals surface area contributed by atoms with Crippen molar-refractivity contribution in [2.75, 3.05) is 28.8 Å². The summed E-state index contributed by atoms with van der Waals surface area (Å²) < 4.78 is 5.22. The highest BCUT2D eigenvalue weighted by molar-refractivity contribution is 6.07. The predicted octanol–water partition coefficient (Wildman–Crippen LogP) is 4.52. The summed E-state index contributed by atoms with van der Waals surface area (Å²) in [5, 5.41) is 14.5. The molecular formula is C30H34N4O6. The minimum absolute atomic E-state index is 0.166. The van der Waals surface area contributed by atoms with Crippen LogP contribution >= 0.6 is 0 Å². The predicted molar refractivity (Wildman–Crippen MR) is 154 cm³/mol. The molecule has 0 heterocycles. The molecule has 0 aliphatic carbocycles. The topological polar surface area (TPSA) is 128 Å². The number of anilines is 3. The third-order valence-corrected chi connectivity index (χ3v) is 6.04. The Bertz CT molecular complexity index is 1280. The molecule has 0 unspecified atom stereocenters. The Balaban J connectivity index is 1.89. The molecule has 40 heavy (non-hydrogen) atoms. The molecule has 3 aromatic rings. The van der Waals surface area contributed by atoms with E-state index >= 15 is 0 Å². The number of methoxy groups -OCH3 is 1. The highest BCUT2D eigenvalue weighted by atomic mass is 16.5. The Morgan fingerprint density at radius 2 is 1.45 bits per heavy atom. The van der Waals surface area contributed by atoms with E-state index < -0.39 is 23.9 Å². The number of rotatable bonds is 12. The Morgan fingerprint density at radius 1 is 0.850 bits per heavy atom. The standard InChI is InChI=1S/C30H34N4O6/c1-21(2)34(24-14-16-25(40-3)17-15-24)27(35)20-33(23-12-8-5-9-13-23)29(38)26(18-19-28(36)37)32-30(39)31-22-10-6-4-7-11-22/h4-17,21,26H,18-20H2,1-3H3,(H,36,37)(H2,31,32,39)/t26-/m1/s1. The first kappa shape index (κ1) is 29.7. The molecule has 3 N–H and O–H groups in total. The Kier molecular flexibility index (Phi) is 10.6. The van der Waals surface area contributed by atoms with Crippen molar-refractivity contribution in [3.8, 4) is 5.75 Å². The van der Waals surface area contributed by atoms with Gasteiger partial charge in [-0.15, -0.1) is 0 Å². The van der Waals surface area contributed by atoms with E-state index in [1.165, 1.54) is 4.90 Å². The average molecular weight is 547 g/mol. The lowest BCUT2D eigenvalue weighted by molar-refractivity contribution is -0.137. The number of urea groups is 1. The van der Waals surface area contributed by atoms with Gasteiger partial charge in [0.1, 0.15) is 18.3 Å². The van der Waals surface area contributed by atoms with Crippen LogP contribution in [0, 0.1) is 0 Å². The average Bonchev–Trinajstić information content (AvgIpc) is 2.94. The summed E-state index contributed by atoms with van der Waals surface area (Å²) in [7, 11) is 1.55. The summed E-state index contributed by atoms with van der Waals surface area (Å²) >= 11 is 0. The first-order valence-corrected chi connectivity index (χ1v) is 12.9. The number of carbonyl (C=O) groups excluding carboxylic acids is 3. The van der Waals surface area contributed by atoms with Gasteiger partial charge < -0.3 is 30.3 Å². The zero-order valence-electron chi connectivity index (χ0n) is 22.7. The molecule has 0 saturated heterocycles. The van der Waals surface area contributed by atoms with Crippen LogP contribution in [0.4, 0.5) is 21.9 Å². The molecule has 4 amide bonds. The fourth-order valence-electron chi connectivity index (χ4n) is 4.15. The third kappa shape index (κ3) is 8.32. The largest absolute Gasteiger partial charge is 0.497 e. The highest BCUT2D eigenvalue weighted by Gasteiger charge is 2.31. The molecule has 0 spiro atoms. The zero-order valence-corrected chi connectivity index (χ0v) is 22.7. The van der Waals surface area contributed by atoms with Crippen molar-refractivity contribution in [1.29, 1.82) is 0 Å². The maximum Gasteiger partial charge on any atom is 0.319 e. The highest BCUT2D eigenvalue weighted by Crippen LogP contribution is 2.23. The van der Waals surface area contributed by atoms with Gasteiger partial charge in [0.15, 0.2) is 0 Å². The maximum atomic E-state index is 13.9. The van der Waals surface area contributed by atoms with E-state index in [1.807, 2.05) is 13.8 Å². The number of aliphatic carboxylic acids is 1. The summed E-state index contributed by atoms with van der Waals surface area (Å²) in [5.41, 5.74) is 1.57. The third-order valence-electron chi connectivity index (χ3n) is 6.04. The van der Waals surface area contributed by atoms with Crippen molar-refractivity contribution < 1.29 is 29.0 Å². The molecule has 0 aliphatic rings. The van der Waals surface area contributed by atoms with Crippen LogP contribution < -0.4 is 25.2 Å². The molecule has 0 fully saturated rings. The molecule has 0 radical (unpaired) electrons. The van der Waals surface area contributed by atoms with Crippen LogP contribution in [-0.4, -0.2) is 54.7 Å². The second-order valence-electron chi connectivity index (χ2n) is 9.26. The number of carboxylic acids is 1. The number of para-hydroxylation sites is 2. The van der Waals surface area contributed by atoms with Crippen LogP contribution in [0.3, 0.4) is 0 Å². The number of nitrogens with zero attached hydrogens (tertiary/aromatic N) is 2. The maximum absolute atomic E-state index is 13.9. The molecule has 0 aliphatic heterocycles. The van der Waals surface area contributed by atoms with E-state index in [4.69, 9.17) is 4.74 Å². The lowest BCUT2D eigenvalue weighted by Crippen LogP contribution is -2.53. The van der Waals surface area contributed by atoms with Gasteiger partial charge in [-0.3, -0.25) is 14.4 Å². The summed E-state index contributed by atoms with van der Waals surface area (Å²) in [4.78, 5) is 54.6. The SMILES string of the molecule is COc1ccc(N(C(=O)CN(C(=O)[C@@H](CCC(=O)O)NC(=O)Nc2ccccc2)c2ccccc2)C(C)C)cc1. The number of hydrogen-bond donors (Lipinski definition) is 3. The second kappa shape index (κ2) is 14.3. The number of benzene rings is 3. The fraction of sp³-hybridized carbons (Fsp3) is 0.267. The summed E-state index contributed by atoms with van der Waals surface area (Å²) in [6.45, 7) is 3.39. The Morgan fingerprint density at radius 3 is 2.00 bits per heavy atom. The second-order valence-corrected chi connectivity index (χ2v) is 9.26. The monoisotopic (exact) mass is 546 g/mol. The first-order chi connectivity index (χ1) is 19.2. The van der Waals surface area contributed by atoms with Crippen molar-refractivity contribution >= 4 is 40.9 Å². The van der Waals surface area contributed by atoms with Gasteiger partial charge in [0, 0.05) is 29.5 Å². The van der Waals surface area contributed by atoms with Crippen LogP contribution in [-0.2, 0) is 14.4 Å². The Labute approximate surface area is 233 Å². The van der Waals surface area contributed by atoms with E-state index in [-0.39, 0.29) is 31.3 Å². The van der Waals surface area contributed by atoms with E-state index in [9.17, 15) is 24.3 Å². The molecule has 0 saturated carbocycles. The molecule has 0 aromatic heterocycles. The van der Waals surface area contributed by atoms with Crippen molar-refractivity contribution in [3.05, 3.63) is 84.9 Å². The smallest absolute Gasteiger partial charge is 0.319 e. The normalized spacial score (nSPS) is 11.3. The van der Waals surface area contributed by atoms with Crippen molar-refractivity contribution in [2.24, 2.45) is 0 Å². The molecule has 1 atom stereocenters. The van der Waals surface area contributed by atoms with Crippen molar-refractivity contribution in [1.82, 2.24) is 5.32 Å². The summed E-state index contributed by atoms with van der Waals surface area (Å²) in [5.74, 6) is -1.44. The van der Waals surface area contributed by atoms with Crippen LogP contribution in [0.2, 0.25) is 0 Å². The number of carboxylic acid groups (broad SMARTS) is 1.